The fourth-order valence-electron chi connectivity index (χ4n) is 3.90. The number of carbonyl (C=O) groups is 1. The average Bonchev–Trinajstić information content (AvgIpc) is 2.97. The molecular weight excluding hydrogens is 446 g/mol. The molecule has 0 radical (unpaired) electrons. The second-order valence-corrected chi connectivity index (χ2v) is 9.59. The van der Waals surface area contributed by atoms with Gasteiger partial charge in [-0.05, 0) is 45.9 Å². The lowest BCUT2D eigenvalue weighted by Gasteiger charge is -2.36. The smallest absolute Gasteiger partial charge is 0.410 e. The van der Waals surface area contributed by atoms with E-state index in [0.29, 0.717) is 53.2 Å². The van der Waals surface area contributed by atoms with Gasteiger partial charge in [0, 0.05) is 12.5 Å². The molecule has 1 aromatic carbocycles. The molecule has 3 unspecified atom stereocenters. The van der Waals surface area contributed by atoms with Crippen molar-refractivity contribution in [2.45, 2.75) is 45.5 Å². The minimum atomic E-state index is -0.552. The van der Waals surface area contributed by atoms with Crippen molar-refractivity contribution in [3.63, 3.8) is 0 Å². The van der Waals surface area contributed by atoms with Crippen LogP contribution in [0.2, 0.25) is 5.02 Å². The SMILES string of the molecule is Cc1c(Nc2ccc(C#N)cc2Cl)ncnc1OC1C2COC1CN(C(=O)OC(C)(C)C)C2. The molecule has 1 N–H and O–H groups in total. The Morgan fingerprint density at radius 3 is 2.79 bits per heavy atom. The molecule has 1 aromatic heterocycles. The largest absolute Gasteiger partial charge is 0.471 e. The molecule has 4 rings (SSSR count). The van der Waals surface area contributed by atoms with Gasteiger partial charge in [0.1, 0.15) is 30.0 Å². The minimum Gasteiger partial charge on any atom is -0.471 e. The number of nitrogens with one attached hydrogen (secondary N) is 1. The summed E-state index contributed by atoms with van der Waals surface area (Å²) < 4.78 is 17.7. The summed E-state index contributed by atoms with van der Waals surface area (Å²) in [7, 11) is 0. The van der Waals surface area contributed by atoms with Gasteiger partial charge in [0.2, 0.25) is 5.88 Å². The van der Waals surface area contributed by atoms with Crippen LogP contribution in [0.15, 0.2) is 24.5 Å². The Balaban J connectivity index is 1.46. The third kappa shape index (κ3) is 5.13. The predicted octanol–water partition coefficient (Wildman–Crippen LogP) is 4.07. The summed E-state index contributed by atoms with van der Waals surface area (Å²) in [4.78, 5) is 22.8. The average molecular weight is 472 g/mol. The molecule has 2 aliphatic rings. The quantitative estimate of drug-likeness (QED) is 0.710. The second kappa shape index (κ2) is 9.04. The maximum atomic E-state index is 12.5. The summed E-state index contributed by atoms with van der Waals surface area (Å²) >= 11 is 6.28. The molecule has 3 atom stereocenters. The van der Waals surface area contributed by atoms with Gasteiger partial charge in [-0.15, -0.1) is 0 Å². The van der Waals surface area contributed by atoms with Crippen LogP contribution in [0.25, 0.3) is 0 Å². The zero-order chi connectivity index (χ0) is 23.8. The van der Waals surface area contributed by atoms with Crippen LogP contribution in [0.3, 0.4) is 0 Å². The number of hydrogen-bond acceptors (Lipinski definition) is 8. The van der Waals surface area contributed by atoms with Crippen molar-refractivity contribution in [2.75, 3.05) is 25.0 Å². The first-order valence-electron chi connectivity index (χ1n) is 10.7. The molecule has 9 nitrogen and oxygen atoms in total. The van der Waals surface area contributed by atoms with Crippen LogP contribution in [-0.4, -0.2) is 58.5 Å². The second-order valence-electron chi connectivity index (χ2n) is 9.18. The Morgan fingerprint density at radius 1 is 1.33 bits per heavy atom. The van der Waals surface area contributed by atoms with Crippen LogP contribution in [0, 0.1) is 24.2 Å². The van der Waals surface area contributed by atoms with E-state index in [1.54, 1.807) is 23.1 Å². The van der Waals surface area contributed by atoms with E-state index >= 15 is 0 Å². The molecule has 1 amide bonds. The summed E-state index contributed by atoms with van der Waals surface area (Å²) in [5.41, 5.74) is 1.26. The van der Waals surface area contributed by atoms with Gasteiger partial charge in [-0.2, -0.15) is 5.26 Å². The van der Waals surface area contributed by atoms with E-state index in [2.05, 4.69) is 21.4 Å². The standard InChI is InChI=1S/C23H26ClN5O4/c1-13-20(28-17-6-5-14(8-25)7-16(17)24)26-12-27-21(13)32-19-15-9-29(10-18(19)31-11-15)22(30)33-23(2,3)4/h5-7,12,15,18-19H,9-11H2,1-4H3,(H,26,27,28). The molecule has 2 aliphatic heterocycles. The highest BCUT2D eigenvalue weighted by atomic mass is 35.5. The Bertz CT molecular complexity index is 1080. The lowest BCUT2D eigenvalue weighted by Crippen LogP contribution is -2.53. The predicted molar refractivity (Wildman–Crippen MR) is 122 cm³/mol. The highest BCUT2D eigenvalue weighted by Crippen LogP contribution is 2.34. The Hall–Kier alpha value is -3.09. The monoisotopic (exact) mass is 471 g/mol. The van der Waals surface area contributed by atoms with E-state index in [-0.39, 0.29) is 24.2 Å². The van der Waals surface area contributed by atoms with Gasteiger partial charge in [-0.3, -0.25) is 0 Å². The number of nitriles is 1. The molecule has 2 fully saturated rings. The first kappa shape index (κ1) is 23.1. The zero-order valence-corrected chi connectivity index (χ0v) is 19.7. The van der Waals surface area contributed by atoms with E-state index in [4.69, 9.17) is 31.1 Å². The molecule has 2 saturated heterocycles. The summed E-state index contributed by atoms with van der Waals surface area (Å²) in [6.45, 7) is 8.79. The fraction of sp³-hybridized carbons (Fsp3) is 0.478. The maximum absolute atomic E-state index is 12.5. The number of rotatable bonds is 4. The lowest BCUT2D eigenvalue weighted by atomic mass is 9.96. The number of carbonyl (C=O) groups excluding carboxylic acids is 1. The number of anilines is 2. The van der Waals surface area contributed by atoms with Gasteiger partial charge < -0.3 is 24.4 Å². The summed E-state index contributed by atoms with van der Waals surface area (Å²) in [6, 6.07) is 7.05. The van der Waals surface area contributed by atoms with E-state index in [0.717, 1.165) is 0 Å². The van der Waals surface area contributed by atoms with Crippen LogP contribution in [0.5, 0.6) is 5.88 Å². The van der Waals surface area contributed by atoms with Gasteiger partial charge >= 0.3 is 6.09 Å². The maximum Gasteiger partial charge on any atom is 0.410 e. The van der Waals surface area contributed by atoms with Gasteiger partial charge in [0.05, 0.1) is 41.1 Å². The van der Waals surface area contributed by atoms with Crippen molar-refractivity contribution in [3.8, 4) is 11.9 Å². The molecule has 3 heterocycles. The zero-order valence-electron chi connectivity index (χ0n) is 19.0. The van der Waals surface area contributed by atoms with Crippen molar-refractivity contribution in [1.29, 1.82) is 5.26 Å². The van der Waals surface area contributed by atoms with E-state index < -0.39 is 5.60 Å². The highest BCUT2D eigenvalue weighted by molar-refractivity contribution is 6.33. The van der Waals surface area contributed by atoms with E-state index in [1.807, 2.05) is 27.7 Å². The van der Waals surface area contributed by atoms with Crippen LogP contribution < -0.4 is 10.1 Å². The van der Waals surface area contributed by atoms with Crippen LogP contribution in [0.4, 0.5) is 16.3 Å². The topological polar surface area (TPSA) is 110 Å². The number of benzene rings is 1. The number of aromatic nitrogens is 2. The first-order chi connectivity index (χ1) is 15.6. The number of piperidine rings is 1. The Labute approximate surface area is 197 Å². The fourth-order valence-corrected chi connectivity index (χ4v) is 4.13. The van der Waals surface area contributed by atoms with Crippen LogP contribution in [0.1, 0.15) is 31.9 Å². The summed E-state index contributed by atoms with van der Waals surface area (Å²) in [6.07, 6.45) is 0.574. The van der Waals surface area contributed by atoms with Crippen molar-refractivity contribution in [2.24, 2.45) is 5.92 Å². The molecule has 0 spiro atoms. The van der Waals surface area contributed by atoms with Crippen molar-refractivity contribution in [3.05, 3.63) is 40.7 Å². The van der Waals surface area contributed by atoms with Gasteiger partial charge in [-0.25, -0.2) is 14.8 Å². The number of halogens is 1. The summed E-state index contributed by atoms with van der Waals surface area (Å²) in [5.74, 6) is 0.995. The van der Waals surface area contributed by atoms with Crippen molar-refractivity contribution in [1.82, 2.24) is 14.9 Å². The van der Waals surface area contributed by atoms with Crippen molar-refractivity contribution < 1.29 is 19.0 Å². The summed E-state index contributed by atoms with van der Waals surface area (Å²) in [5, 5.41) is 12.6. The number of ether oxygens (including phenoxy) is 3. The molecule has 0 aliphatic carbocycles. The van der Waals surface area contributed by atoms with Gasteiger partial charge in [-0.1, -0.05) is 11.6 Å². The third-order valence-electron chi connectivity index (χ3n) is 5.50. The molecule has 0 saturated carbocycles. The molecule has 174 valence electrons. The normalized spacial score (nSPS) is 21.9. The Morgan fingerprint density at radius 2 is 2.12 bits per heavy atom. The molecule has 2 aromatic rings. The number of nitrogens with zero attached hydrogens (tertiary/aromatic N) is 4. The van der Waals surface area contributed by atoms with Crippen molar-refractivity contribution >= 4 is 29.2 Å². The minimum absolute atomic E-state index is 0.00927. The third-order valence-corrected chi connectivity index (χ3v) is 5.81. The number of amides is 1. The van der Waals surface area contributed by atoms with Gasteiger partial charge in [0.25, 0.3) is 0 Å². The Kier molecular flexibility index (Phi) is 6.32. The highest BCUT2D eigenvalue weighted by Gasteiger charge is 2.47. The lowest BCUT2D eigenvalue weighted by molar-refractivity contribution is -0.0187. The van der Waals surface area contributed by atoms with E-state index in [9.17, 15) is 4.79 Å². The van der Waals surface area contributed by atoms with E-state index in [1.165, 1.54) is 6.33 Å². The number of likely N-dealkylation sites (tertiary alicyclic amines) is 1. The molecule has 2 bridgehead atoms. The molecule has 10 heteroatoms. The molecular formula is C23H26ClN5O4. The van der Waals surface area contributed by atoms with Gasteiger partial charge in [0.15, 0.2) is 0 Å². The number of hydrogen-bond donors (Lipinski definition) is 1. The first-order valence-corrected chi connectivity index (χ1v) is 11.1. The van der Waals surface area contributed by atoms with Crippen LogP contribution >= 0.6 is 11.6 Å². The number of fused-ring (bicyclic) bond motifs is 2. The van der Waals surface area contributed by atoms with Crippen LogP contribution in [-0.2, 0) is 9.47 Å². The molecule has 33 heavy (non-hydrogen) atoms.